The number of aliphatic carboxylic acids is 1. The van der Waals surface area contributed by atoms with Crippen molar-refractivity contribution in [3.05, 3.63) is 0 Å². The van der Waals surface area contributed by atoms with Gasteiger partial charge in [0.15, 0.2) is 0 Å². The number of hydrogen-bond acceptors (Lipinski definition) is 4. The highest BCUT2D eigenvalue weighted by molar-refractivity contribution is 5.88. The second kappa shape index (κ2) is 7.85. The summed E-state index contributed by atoms with van der Waals surface area (Å²) in [5.74, 6) is -1.38. The molecule has 2 amide bonds. The van der Waals surface area contributed by atoms with Gasteiger partial charge in [-0.15, -0.1) is 0 Å². The van der Waals surface area contributed by atoms with E-state index in [1.54, 1.807) is 18.7 Å². The van der Waals surface area contributed by atoms with Gasteiger partial charge in [0.2, 0.25) is 5.91 Å². The Morgan fingerprint density at radius 2 is 1.71 bits per heavy atom. The molecular formula is C17H28N2O5. The lowest BCUT2D eigenvalue weighted by Gasteiger charge is -2.37. The van der Waals surface area contributed by atoms with E-state index in [1.807, 2.05) is 0 Å². The third-order valence-corrected chi connectivity index (χ3v) is 4.94. The average molecular weight is 340 g/mol. The molecule has 136 valence electrons. The molecule has 2 rings (SSSR count). The number of nitrogens with one attached hydrogen (secondary N) is 1. The van der Waals surface area contributed by atoms with E-state index < -0.39 is 11.5 Å². The number of rotatable bonds is 4. The molecule has 0 unspecified atom stereocenters. The molecule has 1 saturated heterocycles. The molecule has 0 aromatic heterocycles. The number of ether oxygens (including phenoxy) is 1. The van der Waals surface area contributed by atoms with Gasteiger partial charge in [-0.1, -0.05) is 19.3 Å². The second-order valence-electron chi connectivity index (χ2n) is 7.13. The zero-order chi connectivity index (χ0) is 17.7. The summed E-state index contributed by atoms with van der Waals surface area (Å²) in [5, 5.41) is 12.4. The zero-order valence-corrected chi connectivity index (χ0v) is 14.5. The van der Waals surface area contributed by atoms with Crippen molar-refractivity contribution in [3.8, 4) is 0 Å². The van der Waals surface area contributed by atoms with Crippen LogP contribution < -0.4 is 5.32 Å². The van der Waals surface area contributed by atoms with Crippen LogP contribution in [0.4, 0.5) is 4.79 Å². The van der Waals surface area contributed by atoms with Crippen molar-refractivity contribution in [2.45, 2.75) is 70.4 Å². The molecule has 1 heterocycles. The van der Waals surface area contributed by atoms with E-state index in [1.165, 1.54) is 0 Å². The van der Waals surface area contributed by atoms with Crippen molar-refractivity contribution < 1.29 is 24.2 Å². The topological polar surface area (TPSA) is 95.9 Å². The molecule has 24 heavy (non-hydrogen) atoms. The molecule has 1 aliphatic carbocycles. The molecule has 1 saturated carbocycles. The summed E-state index contributed by atoms with van der Waals surface area (Å²) < 4.78 is 5.16. The number of carbonyl (C=O) groups is 3. The molecular weight excluding hydrogens is 312 g/mol. The average Bonchev–Trinajstić information content (AvgIpc) is 2.55. The Bertz CT molecular complexity index is 477. The Kier molecular flexibility index (Phi) is 6.07. The molecule has 0 bridgehead atoms. The minimum atomic E-state index is -1.11. The molecule has 7 nitrogen and oxygen atoms in total. The van der Waals surface area contributed by atoms with Crippen LogP contribution in [-0.2, 0) is 14.3 Å². The number of carboxylic acids is 1. The van der Waals surface area contributed by atoms with Crippen molar-refractivity contribution in [2.75, 3.05) is 13.1 Å². The summed E-state index contributed by atoms with van der Waals surface area (Å²) >= 11 is 0. The maximum absolute atomic E-state index is 12.5. The largest absolute Gasteiger partial charge is 0.480 e. The number of likely N-dealkylation sites (tertiary alicyclic amines) is 1. The van der Waals surface area contributed by atoms with Crippen molar-refractivity contribution >= 4 is 18.0 Å². The Balaban J connectivity index is 1.88. The highest BCUT2D eigenvalue weighted by Gasteiger charge is 2.42. The van der Waals surface area contributed by atoms with E-state index in [0.717, 1.165) is 19.3 Å². The van der Waals surface area contributed by atoms with Gasteiger partial charge in [-0.05, 0) is 39.5 Å². The fourth-order valence-electron chi connectivity index (χ4n) is 3.49. The van der Waals surface area contributed by atoms with E-state index in [2.05, 4.69) is 5.32 Å². The molecule has 0 aromatic carbocycles. The highest BCUT2D eigenvalue weighted by Crippen LogP contribution is 2.29. The minimum absolute atomic E-state index is 0.166. The second-order valence-corrected chi connectivity index (χ2v) is 7.13. The molecule has 1 aliphatic heterocycles. The summed E-state index contributed by atoms with van der Waals surface area (Å²) in [4.78, 5) is 37.7. The predicted molar refractivity (Wildman–Crippen MR) is 87.5 cm³/mol. The minimum Gasteiger partial charge on any atom is -0.480 e. The Labute approximate surface area is 142 Å². The van der Waals surface area contributed by atoms with Gasteiger partial charge < -0.3 is 20.1 Å². The van der Waals surface area contributed by atoms with Crippen LogP contribution >= 0.6 is 0 Å². The number of amides is 2. The van der Waals surface area contributed by atoms with Crippen LogP contribution in [0.1, 0.15) is 58.8 Å². The van der Waals surface area contributed by atoms with Gasteiger partial charge >= 0.3 is 12.1 Å². The lowest BCUT2D eigenvalue weighted by Crippen LogP contribution is -2.57. The molecule has 0 aromatic rings. The lowest BCUT2D eigenvalue weighted by atomic mass is 9.81. The first kappa shape index (κ1) is 18.5. The molecule has 0 radical (unpaired) electrons. The fraction of sp³-hybridized carbons (Fsp3) is 0.824. The van der Waals surface area contributed by atoms with Gasteiger partial charge in [0.05, 0.1) is 6.10 Å². The number of nitrogens with zero attached hydrogens (tertiary/aromatic N) is 1. The first-order chi connectivity index (χ1) is 11.3. The first-order valence-corrected chi connectivity index (χ1v) is 8.85. The van der Waals surface area contributed by atoms with Gasteiger partial charge in [0, 0.05) is 19.0 Å². The molecule has 0 spiro atoms. The predicted octanol–water partition coefficient (Wildman–Crippen LogP) is 2.15. The maximum atomic E-state index is 12.5. The van der Waals surface area contributed by atoms with E-state index in [-0.39, 0.29) is 24.0 Å². The fourth-order valence-corrected chi connectivity index (χ4v) is 3.49. The SMILES string of the molecule is CC(C)OC(=O)N1CCC(C(=O)NC2(C(=O)O)CCCCC2)CC1. The molecule has 0 atom stereocenters. The zero-order valence-electron chi connectivity index (χ0n) is 14.5. The van der Waals surface area contributed by atoms with Crippen LogP contribution in [0.2, 0.25) is 0 Å². The van der Waals surface area contributed by atoms with Gasteiger partial charge in [0.1, 0.15) is 5.54 Å². The molecule has 2 aliphatic rings. The quantitative estimate of drug-likeness (QED) is 0.817. The number of carbonyl (C=O) groups excluding carboxylic acids is 2. The van der Waals surface area contributed by atoms with Gasteiger partial charge in [0.25, 0.3) is 0 Å². The van der Waals surface area contributed by atoms with E-state index >= 15 is 0 Å². The number of hydrogen-bond donors (Lipinski definition) is 2. The summed E-state index contributed by atoms with van der Waals surface area (Å²) in [5.41, 5.74) is -1.11. The molecule has 2 N–H and O–H groups in total. The standard InChI is InChI=1S/C17H28N2O5/c1-12(2)24-16(23)19-10-6-13(7-11-19)14(20)18-17(15(21)22)8-4-3-5-9-17/h12-13H,3-11H2,1-2H3,(H,18,20)(H,21,22). The van der Waals surface area contributed by atoms with Gasteiger partial charge in [-0.25, -0.2) is 9.59 Å². The highest BCUT2D eigenvalue weighted by atomic mass is 16.6. The maximum Gasteiger partial charge on any atom is 0.410 e. The van der Waals surface area contributed by atoms with E-state index in [4.69, 9.17) is 4.74 Å². The lowest BCUT2D eigenvalue weighted by molar-refractivity contribution is -0.150. The first-order valence-electron chi connectivity index (χ1n) is 8.85. The Morgan fingerprint density at radius 1 is 1.12 bits per heavy atom. The number of piperidine rings is 1. The Hall–Kier alpha value is -1.79. The van der Waals surface area contributed by atoms with Gasteiger partial charge in [-0.2, -0.15) is 0 Å². The van der Waals surface area contributed by atoms with Crippen molar-refractivity contribution in [1.29, 1.82) is 0 Å². The monoisotopic (exact) mass is 340 g/mol. The van der Waals surface area contributed by atoms with Crippen LogP contribution in [0.25, 0.3) is 0 Å². The van der Waals surface area contributed by atoms with Crippen molar-refractivity contribution in [2.24, 2.45) is 5.92 Å². The van der Waals surface area contributed by atoms with Crippen LogP contribution in [0, 0.1) is 5.92 Å². The summed E-state index contributed by atoms with van der Waals surface area (Å²) in [6, 6.07) is 0. The van der Waals surface area contributed by atoms with Crippen LogP contribution in [0.5, 0.6) is 0 Å². The number of carboxylic acid groups (broad SMARTS) is 1. The normalized spacial score (nSPS) is 21.4. The van der Waals surface area contributed by atoms with Crippen LogP contribution in [-0.4, -0.2) is 52.7 Å². The van der Waals surface area contributed by atoms with Gasteiger partial charge in [-0.3, -0.25) is 4.79 Å². The van der Waals surface area contributed by atoms with Crippen LogP contribution in [0.15, 0.2) is 0 Å². The summed E-state index contributed by atoms with van der Waals surface area (Å²) in [6.45, 7) is 4.52. The van der Waals surface area contributed by atoms with E-state index in [0.29, 0.717) is 38.8 Å². The summed E-state index contributed by atoms with van der Waals surface area (Å²) in [7, 11) is 0. The Morgan fingerprint density at radius 3 is 2.21 bits per heavy atom. The van der Waals surface area contributed by atoms with Crippen LogP contribution in [0.3, 0.4) is 0 Å². The summed E-state index contributed by atoms with van der Waals surface area (Å²) in [6.07, 6.45) is 4.21. The van der Waals surface area contributed by atoms with Crippen molar-refractivity contribution in [1.82, 2.24) is 10.2 Å². The molecule has 7 heteroatoms. The van der Waals surface area contributed by atoms with E-state index in [9.17, 15) is 19.5 Å². The third kappa shape index (κ3) is 4.39. The smallest absolute Gasteiger partial charge is 0.410 e. The third-order valence-electron chi connectivity index (χ3n) is 4.94. The van der Waals surface area contributed by atoms with Crippen molar-refractivity contribution in [3.63, 3.8) is 0 Å². The molecule has 2 fully saturated rings.